The van der Waals surface area contributed by atoms with Gasteiger partial charge in [0.25, 0.3) is 0 Å². The number of piperidine rings is 1. The van der Waals surface area contributed by atoms with Crippen LogP contribution in [0.5, 0.6) is 5.75 Å². The van der Waals surface area contributed by atoms with Crippen molar-refractivity contribution in [3.63, 3.8) is 0 Å². The monoisotopic (exact) mass is 277 g/mol. The molecule has 1 aromatic carbocycles. The van der Waals surface area contributed by atoms with Crippen molar-refractivity contribution in [2.75, 3.05) is 20.2 Å². The van der Waals surface area contributed by atoms with E-state index in [1.807, 2.05) is 24.3 Å². The first-order chi connectivity index (χ1) is 9.50. The lowest BCUT2D eigenvalue weighted by Gasteiger charge is -2.36. The van der Waals surface area contributed by atoms with Crippen LogP contribution in [-0.2, 0) is 11.2 Å². The van der Waals surface area contributed by atoms with Gasteiger partial charge in [0.1, 0.15) is 5.75 Å². The fourth-order valence-corrected chi connectivity index (χ4v) is 2.63. The average molecular weight is 277 g/mol. The SMILES string of the molecule is COc1ccc(CCC(=O)N2CCCC(C)(O)C2)cc1. The summed E-state index contributed by atoms with van der Waals surface area (Å²) in [5.74, 6) is 0.952. The normalized spacial score (nSPS) is 22.6. The Morgan fingerprint density at radius 3 is 2.70 bits per heavy atom. The second-order valence-electron chi connectivity index (χ2n) is 5.76. The van der Waals surface area contributed by atoms with Gasteiger partial charge in [-0.3, -0.25) is 4.79 Å². The zero-order valence-corrected chi connectivity index (χ0v) is 12.3. The van der Waals surface area contributed by atoms with Gasteiger partial charge in [0.15, 0.2) is 0 Å². The highest BCUT2D eigenvalue weighted by molar-refractivity contribution is 5.76. The summed E-state index contributed by atoms with van der Waals surface area (Å²) in [5.41, 5.74) is 0.400. The van der Waals surface area contributed by atoms with Crippen LogP contribution in [0, 0.1) is 0 Å². The van der Waals surface area contributed by atoms with Crippen molar-refractivity contribution < 1.29 is 14.6 Å². The second-order valence-corrected chi connectivity index (χ2v) is 5.76. The number of benzene rings is 1. The first-order valence-corrected chi connectivity index (χ1v) is 7.13. The number of hydrogen-bond acceptors (Lipinski definition) is 3. The van der Waals surface area contributed by atoms with Crippen LogP contribution in [0.3, 0.4) is 0 Å². The first kappa shape index (κ1) is 14.9. The summed E-state index contributed by atoms with van der Waals surface area (Å²) in [5, 5.41) is 10.0. The van der Waals surface area contributed by atoms with Crippen LogP contribution in [0.15, 0.2) is 24.3 Å². The highest BCUT2D eigenvalue weighted by Gasteiger charge is 2.30. The van der Waals surface area contributed by atoms with Gasteiger partial charge < -0.3 is 14.7 Å². The molecule has 1 aliphatic rings. The molecule has 0 aliphatic carbocycles. The van der Waals surface area contributed by atoms with Crippen molar-refractivity contribution in [2.24, 2.45) is 0 Å². The third-order valence-corrected chi connectivity index (χ3v) is 3.81. The Hall–Kier alpha value is -1.55. The summed E-state index contributed by atoms with van der Waals surface area (Å²) in [6, 6.07) is 7.79. The van der Waals surface area contributed by atoms with Crippen molar-refractivity contribution in [2.45, 2.75) is 38.2 Å². The number of aliphatic hydroxyl groups is 1. The minimum Gasteiger partial charge on any atom is -0.497 e. The first-order valence-electron chi connectivity index (χ1n) is 7.13. The Kier molecular flexibility index (Phi) is 4.65. The third-order valence-electron chi connectivity index (χ3n) is 3.81. The molecule has 0 radical (unpaired) electrons. The van der Waals surface area contributed by atoms with Gasteiger partial charge in [-0.15, -0.1) is 0 Å². The number of aryl methyl sites for hydroxylation is 1. The molecule has 0 aromatic heterocycles. The van der Waals surface area contributed by atoms with Crippen molar-refractivity contribution in [1.29, 1.82) is 0 Å². The number of rotatable bonds is 4. The summed E-state index contributed by atoms with van der Waals surface area (Å²) in [6.45, 7) is 3.02. The number of ether oxygens (including phenoxy) is 1. The molecule has 1 N–H and O–H groups in total. The molecule has 0 spiro atoms. The highest BCUT2D eigenvalue weighted by Crippen LogP contribution is 2.21. The van der Waals surface area contributed by atoms with Gasteiger partial charge in [-0.1, -0.05) is 12.1 Å². The molecule has 1 saturated heterocycles. The number of β-amino-alcohol motifs (C(OH)–C–C–N with tert-alkyl or cyclic N) is 1. The zero-order chi connectivity index (χ0) is 14.6. The quantitative estimate of drug-likeness (QED) is 0.916. The van der Waals surface area contributed by atoms with Gasteiger partial charge in [-0.05, 0) is 43.9 Å². The molecule has 0 bridgehead atoms. The van der Waals surface area contributed by atoms with Crippen molar-refractivity contribution >= 4 is 5.91 Å². The minimum absolute atomic E-state index is 0.126. The van der Waals surface area contributed by atoms with E-state index in [0.29, 0.717) is 13.0 Å². The lowest BCUT2D eigenvalue weighted by atomic mass is 9.95. The predicted octanol–water partition coefficient (Wildman–Crippen LogP) is 2.00. The van der Waals surface area contributed by atoms with Crippen LogP contribution < -0.4 is 4.74 Å². The number of likely N-dealkylation sites (tertiary alicyclic amines) is 1. The lowest BCUT2D eigenvalue weighted by Crippen LogP contribution is -2.48. The van der Waals surface area contributed by atoms with Crippen LogP contribution in [0.1, 0.15) is 31.7 Å². The summed E-state index contributed by atoms with van der Waals surface area (Å²) < 4.78 is 5.11. The molecule has 1 aromatic rings. The van der Waals surface area contributed by atoms with Gasteiger partial charge in [0, 0.05) is 19.5 Å². The van der Waals surface area contributed by atoms with E-state index in [0.717, 1.165) is 37.1 Å². The molecule has 110 valence electrons. The maximum absolute atomic E-state index is 12.2. The molecule has 1 heterocycles. The molecule has 1 fully saturated rings. The second kappa shape index (κ2) is 6.27. The largest absolute Gasteiger partial charge is 0.497 e. The van der Waals surface area contributed by atoms with Gasteiger partial charge in [-0.2, -0.15) is 0 Å². The zero-order valence-electron chi connectivity index (χ0n) is 12.3. The standard InChI is InChI=1S/C16H23NO3/c1-16(19)10-3-11-17(12-16)15(18)9-6-13-4-7-14(20-2)8-5-13/h4-5,7-8,19H,3,6,9-12H2,1-2H3. The Morgan fingerprint density at radius 1 is 1.40 bits per heavy atom. The molecule has 1 amide bonds. The maximum Gasteiger partial charge on any atom is 0.222 e. The Morgan fingerprint density at radius 2 is 2.10 bits per heavy atom. The minimum atomic E-state index is -0.728. The number of carbonyl (C=O) groups is 1. The fourth-order valence-electron chi connectivity index (χ4n) is 2.63. The topological polar surface area (TPSA) is 49.8 Å². The van der Waals surface area contributed by atoms with E-state index in [9.17, 15) is 9.90 Å². The molecule has 20 heavy (non-hydrogen) atoms. The van der Waals surface area contributed by atoms with Gasteiger partial charge >= 0.3 is 0 Å². The molecule has 0 saturated carbocycles. The molecular weight excluding hydrogens is 254 g/mol. The maximum atomic E-state index is 12.2. The highest BCUT2D eigenvalue weighted by atomic mass is 16.5. The molecule has 1 unspecified atom stereocenters. The van der Waals surface area contributed by atoms with E-state index in [1.54, 1.807) is 18.9 Å². The fraction of sp³-hybridized carbons (Fsp3) is 0.562. The molecule has 4 heteroatoms. The molecule has 1 atom stereocenters. The van der Waals surface area contributed by atoms with E-state index in [4.69, 9.17) is 4.74 Å². The van der Waals surface area contributed by atoms with Crippen molar-refractivity contribution in [3.8, 4) is 5.75 Å². The van der Waals surface area contributed by atoms with E-state index in [-0.39, 0.29) is 5.91 Å². The summed E-state index contributed by atoms with van der Waals surface area (Å²) in [7, 11) is 1.64. The van der Waals surface area contributed by atoms with Crippen LogP contribution >= 0.6 is 0 Å². The molecular formula is C16H23NO3. The Bertz CT molecular complexity index is 453. The predicted molar refractivity (Wildman–Crippen MR) is 77.8 cm³/mol. The lowest BCUT2D eigenvalue weighted by molar-refractivity contribution is -0.137. The number of hydrogen-bond donors (Lipinski definition) is 1. The van der Waals surface area contributed by atoms with Crippen LogP contribution in [0.25, 0.3) is 0 Å². The van der Waals surface area contributed by atoms with Crippen LogP contribution in [0.2, 0.25) is 0 Å². The van der Waals surface area contributed by atoms with Crippen molar-refractivity contribution in [3.05, 3.63) is 29.8 Å². The average Bonchev–Trinajstić information content (AvgIpc) is 2.44. The number of amides is 1. The smallest absolute Gasteiger partial charge is 0.222 e. The summed E-state index contributed by atoms with van der Waals surface area (Å²) in [6.07, 6.45) is 2.86. The Balaban J connectivity index is 1.85. The summed E-state index contributed by atoms with van der Waals surface area (Å²) >= 11 is 0. The van der Waals surface area contributed by atoms with Crippen LogP contribution in [0.4, 0.5) is 0 Å². The van der Waals surface area contributed by atoms with Crippen molar-refractivity contribution in [1.82, 2.24) is 4.90 Å². The molecule has 4 nitrogen and oxygen atoms in total. The van der Waals surface area contributed by atoms with Crippen LogP contribution in [-0.4, -0.2) is 41.7 Å². The third kappa shape index (κ3) is 3.97. The molecule has 1 aliphatic heterocycles. The van der Waals surface area contributed by atoms with E-state index in [2.05, 4.69) is 0 Å². The van der Waals surface area contributed by atoms with E-state index >= 15 is 0 Å². The van der Waals surface area contributed by atoms with Gasteiger partial charge in [0.2, 0.25) is 5.91 Å². The molecule has 2 rings (SSSR count). The van der Waals surface area contributed by atoms with E-state index < -0.39 is 5.60 Å². The Labute approximate surface area is 120 Å². The number of methoxy groups -OCH3 is 1. The van der Waals surface area contributed by atoms with Gasteiger partial charge in [0.05, 0.1) is 12.7 Å². The number of carbonyl (C=O) groups excluding carboxylic acids is 1. The number of nitrogens with zero attached hydrogens (tertiary/aromatic N) is 1. The summed E-state index contributed by atoms with van der Waals surface area (Å²) in [4.78, 5) is 14.0. The van der Waals surface area contributed by atoms with E-state index in [1.165, 1.54) is 0 Å². The van der Waals surface area contributed by atoms with Gasteiger partial charge in [-0.25, -0.2) is 0 Å².